The molecule has 0 aromatic carbocycles. The summed E-state index contributed by atoms with van der Waals surface area (Å²) in [5.41, 5.74) is 4.67. The van der Waals surface area contributed by atoms with E-state index in [9.17, 15) is 24.0 Å². The van der Waals surface area contributed by atoms with Gasteiger partial charge < -0.3 is 41.0 Å². The molecule has 0 aliphatic rings. The van der Waals surface area contributed by atoms with E-state index in [-0.39, 0.29) is 64.0 Å². The number of aliphatic carboxylic acids is 1. The molecule has 13 nitrogen and oxygen atoms in total. The number of nitrogens with one attached hydrogen (secondary N) is 3. The highest BCUT2D eigenvalue weighted by Gasteiger charge is 2.27. The van der Waals surface area contributed by atoms with Crippen LogP contribution in [0.15, 0.2) is 0 Å². The smallest absolute Gasteiger partial charge is 0.329 e. The minimum absolute atomic E-state index is 0.0120. The Morgan fingerprint density at radius 2 is 1.50 bits per heavy atom. The molecule has 0 aromatic rings. The fourth-order valence-corrected chi connectivity index (χ4v) is 3.11. The monoisotopic (exact) mass is 546 g/mol. The van der Waals surface area contributed by atoms with Gasteiger partial charge >= 0.3 is 11.9 Å². The summed E-state index contributed by atoms with van der Waals surface area (Å²) in [4.78, 5) is 59.6. The van der Waals surface area contributed by atoms with Crippen molar-refractivity contribution in [2.45, 2.75) is 90.3 Å². The zero-order valence-electron chi connectivity index (χ0n) is 23.1. The van der Waals surface area contributed by atoms with Crippen molar-refractivity contribution < 1.29 is 43.3 Å². The molecule has 0 aromatic heterocycles. The SMILES string of the molecule is CCCC(=O)NC(CCC(=O)NCCOCCOCC(=O)NC(CCCCN)C(=O)O)C(=O)OC(C)(C)C. The van der Waals surface area contributed by atoms with Gasteiger partial charge in [-0.3, -0.25) is 14.4 Å². The highest BCUT2D eigenvalue weighted by atomic mass is 16.6. The Kier molecular flexibility index (Phi) is 18.8. The van der Waals surface area contributed by atoms with Gasteiger partial charge in [-0.2, -0.15) is 0 Å². The van der Waals surface area contributed by atoms with Crippen LogP contribution in [0.5, 0.6) is 0 Å². The first-order valence-corrected chi connectivity index (χ1v) is 13.1. The summed E-state index contributed by atoms with van der Waals surface area (Å²) in [6, 6.07) is -1.90. The Labute approximate surface area is 224 Å². The predicted octanol–water partition coefficient (Wildman–Crippen LogP) is 0.241. The van der Waals surface area contributed by atoms with Gasteiger partial charge in [-0.1, -0.05) is 6.92 Å². The van der Waals surface area contributed by atoms with E-state index < -0.39 is 35.5 Å². The van der Waals surface area contributed by atoms with E-state index in [2.05, 4.69) is 16.0 Å². The van der Waals surface area contributed by atoms with Crippen LogP contribution >= 0.6 is 0 Å². The van der Waals surface area contributed by atoms with Crippen LogP contribution in [0.1, 0.15) is 72.6 Å². The highest BCUT2D eigenvalue weighted by Crippen LogP contribution is 2.11. The molecule has 0 radical (unpaired) electrons. The Morgan fingerprint density at radius 1 is 0.842 bits per heavy atom. The largest absolute Gasteiger partial charge is 0.480 e. The van der Waals surface area contributed by atoms with Crippen molar-refractivity contribution in [3.8, 4) is 0 Å². The van der Waals surface area contributed by atoms with E-state index in [0.717, 1.165) is 0 Å². The van der Waals surface area contributed by atoms with Crippen molar-refractivity contribution in [3.63, 3.8) is 0 Å². The van der Waals surface area contributed by atoms with Gasteiger partial charge in [0.2, 0.25) is 17.7 Å². The molecule has 0 heterocycles. The molecule has 0 saturated heterocycles. The van der Waals surface area contributed by atoms with Crippen molar-refractivity contribution in [2.24, 2.45) is 5.73 Å². The van der Waals surface area contributed by atoms with E-state index in [1.54, 1.807) is 20.8 Å². The van der Waals surface area contributed by atoms with E-state index in [1.807, 2.05) is 6.92 Å². The summed E-state index contributed by atoms with van der Waals surface area (Å²) < 4.78 is 15.9. The van der Waals surface area contributed by atoms with E-state index in [4.69, 9.17) is 25.1 Å². The molecular weight excluding hydrogens is 500 g/mol. The Hall–Kier alpha value is -2.77. The highest BCUT2D eigenvalue weighted by molar-refractivity contribution is 5.85. The second kappa shape index (κ2) is 20.2. The van der Waals surface area contributed by atoms with Crippen molar-refractivity contribution in [3.05, 3.63) is 0 Å². The number of hydrogen-bond donors (Lipinski definition) is 5. The molecule has 2 unspecified atom stereocenters. The molecule has 0 rings (SSSR count). The lowest BCUT2D eigenvalue weighted by molar-refractivity contribution is -0.159. The number of unbranched alkanes of at least 4 members (excludes halogenated alkanes) is 1. The van der Waals surface area contributed by atoms with Gasteiger partial charge in [0.15, 0.2) is 0 Å². The van der Waals surface area contributed by atoms with Crippen LogP contribution in [0.25, 0.3) is 0 Å². The summed E-state index contributed by atoms with van der Waals surface area (Å²) in [7, 11) is 0. The molecule has 3 amide bonds. The van der Waals surface area contributed by atoms with Gasteiger partial charge in [0.25, 0.3) is 0 Å². The van der Waals surface area contributed by atoms with Gasteiger partial charge in [-0.05, 0) is 59.4 Å². The van der Waals surface area contributed by atoms with Crippen LogP contribution in [0.2, 0.25) is 0 Å². The van der Waals surface area contributed by atoms with Crippen molar-refractivity contribution in [1.82, 2.24) is 16.0 Å². The third-order valence-electron chi connectivity index (χ3n) is 4.92. The molecule has 0 bridgehead atoms. The Morgan fingerprint density at radius 3 is 2.11 bits per heavy atom. The Bertz CT molecular complexity index is 741. The number of hydrogen-bond acceptors (Lipinski definition) is 9. The third kappa shape index (κ3) is 19.4. The zero-order chi connectivity index (χ0) is 29.0. The fourth-order valence-electron chi connectivity index (χ4n) is 3.11. The lowest BCUT2D eigenvalue weighted by Crippen LogP contribution is -2.44. The molecule has 0 aliphatic carbocycles. The van der Waals surface area contributed by atoms with Crippen LogP contribution in [-0.2, 0) is 38.2 Å². The number of carboxylic acids is 1. The van der Waals surface area contributed by atoms with Crippen LogP contribution < -0.4 is 21.7 Å². The van der Waals surface area contributed by atoms with Crippen molar-refractivity contribution in [1.29, 1.82) is 0 Å². The maximum atomic E-state index is 12.4. The Balaban J connectivity index is 4.14. The van der Waals surface area contributed by atoms with Gasteiger partial charge in [0.1, 0.15) is 24.3 Å². The van der Waals surface area contributed by atoms with Gasteiger partial charge in [0.05, 0.1) is 19.8 Å². The zero-order valence-corrected chi connectivity index (χ0v) is 23.1. The number of amides is 3. The molecule has 13 heteroatoms. The summed E-state index contributed by atoms with van der Waals surface area (Å²) >= 11 is 0. The van der Waals surface area contributed by atoms with Gasteiger partial charge in [0, 0.05) is 19.4 Å². The molecule has 0 aliphatic heterocycles. The quantitative estimate of drug-likeness (QED) is 0.0982. The topological polar surface area (TPSA) is 195 Å². The lowest BCUT2D eigenvalue weighted by Gasteiger charge is -2.24. The second-order valence-corrected chi connectivity index (χ2v) is 9.70. The standard InChI is InChI=1S/C25H46N4O9/c1-5-8-21(31)29-19(24(35)38-25(2,3)4)10-11-20(30)27-13-14-36-15-16-37-17-22(32)28-18(23(33)34)9-6-7-12-26/h18-19H,5-17,26H2,1-4H3,(H,27,30)(H,28,32)(H,29,31)(H,33,34). The fraction of sp³-hybridized carbons (Fsp3) is 0.800. The van der Waals surface area contributed by atoms with Crippen molar-refractivity contribution in [2.75, 3.05) is 39.5 Å². The summed E-state index contributed by atoms with van der Waals surface area (Å²) in [5, 5.41) is 16.9. The number of carbonyl (C=O) groups is 5. The molecule has 2 atom stereocenters. The first-order valence-electron chi connectivity index (χ1n) is 13.1. The van der Waals surface area contributed by atoms with Gasteiger partial charge in [-0.15, -0.1) is 0 Å². The number of rotatable bonds is 21. The molecule has 0 saturated carbocycles. The number of esters is 1. The summed E-state index contributed by atoms with van der Waals surface area (Å²) in [5.74, 6) is -2.81. The number of nitrogens with two attached hydrogens (primary N) is 1. The first-order chi connectivity index (χ1) is 17.9. The van der Waals surface area contributed by atoms with Crippen LogP contribution in [0, 0.1) is 0 Å². The maximum absolute atomic E-state index is 12.4. The average Bonchev–Trinajstić information content (AvgIpc) is 2.81. The lowest BCUT2D eigenvalue weighted by atomic mass is 10.1. The van der Waals surface area contributed by atoms with Crippen LogP contribution in [-0.4, -0.2) is 92.0 Å². The summed E-state index contributed by atoms with van der Waals surface area (Å²) in [6.07, 6.45) is 2.58. The minimum atomic E-state index is -1.11. The van der Waals surface area contributed by atoms with Crippen LogP contribution in [0.3, 0.4) is 0 Å². The van der Waals surface area contributed by atoms with E-state index in [0.29, 0.717) is 32.2 Å². The molecule has 38 heavy (non-hydrogen) atoms. The molecular formula is C25H46N4O9. The minimum Gasteiger partial charge on any atom is -0.480 e. The van der Waals surface area contributed by atoms with E-state index in [1.165, 1.54) is 0 Å². The predicted molar refractivity (Wildman–Crippen MR) is 139 cm³/mol. The van der Waals surface area contributed by atoms with Crippen molar-refractivity contribution >= 4 is 29.7 Å². The van der Waals surface area contributed by atoms with Gasteiger partial charge in [-0.25, -0.2) is 9.59 Å². The maximum Gasteiger partial charge on any atom is 0.329 e. The molecule has 0 fully saturated rings. The molecule has 0 spiro atoms. The number of ether oxygens (including phenoxy) is 3. The van der Waals surface area contributed by atoms with Crippen LogP contribution in [0.4, 0.5) is 0 Å². The molecule has 220 valence electrons. The third-order valence-corrected chi connectivity index (χ3v) is 4.92. The first kappa shape index (κ1) is 35.2. The molecule has 6 N–H and O–H groups in total. The second-order valence-electron chi connectivity index (χ2n) is 9.70. The normalized spacial score (nSPS) is 12.8. The average molecular weight is 547 g/mol. The van der Waals surface area contributed by atoms with E-state index >= 15 is 0 Å². The number of carboxylic acid groups (broad SMARTS) is 1. The number of carbonyl (C=O) groups excluding carboxylic acids is 4. The summed E-state index contributed by atoms with van der Waals surface area (Å²) in [6.45, 7) is 7.90.